The van der Waals surface area contributed by atoms with Crippen LogP contribution in [-0.4, -0.2) is 29.5 Å². The van der Waals surface area contributed by atoms with Gasteiger partial charge in [0.05, 0.1) is 6.20 Å². The molecule has 0 aliphatic carbocycles. The van der Waals surface area contributed by atoms with Crippen LogP contribution < -0.4 is 0 Å². The van der Waals surface area contributed by atoms with Gasteiger partial charge in [0.25, 0.3) is 0 Å². The van der Waals surface area contributed by atoms with E-state index in [-0.39, 0.29) is 0 Å². The Kier molecular flexibility index (Phi) is 1.71. The average Bonchev–Trinajstić information content (AvgIpc) is 2.73. The molecule has 0 aromatic carbocycles. The molecule has 2 aliphatic heterocycles. The quantitative estimate of drug-likeness (QED) is 0.678. The average molecular weight is 192 g/mol. The predicted molar refractivity (Wildman–Crippen MR) is 53.2 cm³/mol. The standard InChI is InChI=1S/C11H16N2O/c1-9-12-7-10(14-9)11-3-2-5-13(8-11)6-4-11/h7H,2-6,8H2,1H3. The highest BCUT2D eigenvalue weighted by Crippen LogP contribution is 2.42. The second-order valence-electron chi connectivity index (χ2n) is 4.65. The number of rotatable bonds is 1. The molecular weight excluding hydrogens is 176 g/mol. The molecule has 2 fully saturated rings. The minimum Gasteiger partial charge on any atom is -0.445 e. The molecule has 3 heteroatoms. The van der Waals surface area contributed by atoms with Gasteiger partial charge in [0.15, 0.2) is 5.89 Å². The molecular formula is C11H16N2O. The Bertz CT molecular complexity index is 343. The molecule has 0 saturated carbocycles. The summed E-state index contributed by atoms with van der Waals surface area (Å²) in [6.07, 6.45) is 5.77. The first kappa shape index (κ1) is 8.48. The molecule has 2 unspecified atom stereocenters. The lowest BCUT2D eigenvalue weighted by molar-refractivity contribution is 0.218. The normalized spacial score (nSPS) is 36.2. The minimum absolute atomic E-state index is 0.305. The van der Waals surface area contributed by atoms with Crippen molar-refractivity contribution < 1.29 is 4.42 Å². The summed E-state index contributed by atoms with van der Waals surface area (Å²) in [6.45, 7) is 5.62. The molecule has 2 atom stereocenters. The highest BCUT2D eigenvalue weighted by molar-refractivity contribution is 5.17. The van der Waals surface area contributed by atoms with E-state index < -0.39 is 0 Å². The highest BCUT2D eigenvalue weighted by atomic mass is 16.4. The van der Waals surface area contributed by atoms with E-state index in [0.717, 1.165) is 11.7 Å². The van der Waals surface area contributed by atoms with Gasteiger partial charge in [-0.3, -0.25) is 0 Å². The largest absolute Gasteiger partial charge is 0.445 e. The third kappa shape index (κ3) is 1.12. The first-order chi connectivity index (χ1) is 6.78. The summed E-state index contributed by atoms with van der Waals surface area (Å²) in [4.78, 5) is 6.76. The van der Waals surface area contributed by atoms with Gasteiger partial charge in [-0.15, -0.1) is 0 Å². The van der Waals surface area contributed by atoms with Gasteiger partial charge in [-0.2, -0.15) is 0 Å². The lowest BCUT2D eigenvalue weighted by atomic mass is 9.79. The molecule has 0 radical (unpaired) electrons. The Morgan fingerprint density at radius 2 is 2.36 bits per heavy atom. The number of hydrogen-bond donors (Lipinski definition) is 0. The van der Waals surface area contributed by atoms with Crippen molar-refractivity contribution in [3.05, 3.63) is 17.8 Å². The Hall–Kier alpha value is -0.830. The fourth-order valence-corrected chi connectivity index (χ4v) is 2.93. The number of fused-ring (bicyclic) bond motifs is 2. The maximum atomic E-state index is 5.71. The Morgan fingerprint density at radius 3 is 3.14 bits per heavy atom. The highest BCUT2D eigenvalue weighted by Gasteiger charge is 2.44. The predicted octanol–water partition coefficient (Wildman–Crippen LogP) is 1.72. The summed E-state index contributed by atoms with van der Waals surface area (Å²) in [5, 5.41) is 0. The van der Waals surface area contributed by atoms with Gasteiger partial charge in [0.1, 0.15) is 5.76 Å². The van der Waals surface area contributed by atoms with Crippen molar-refractivity contribution >= 4 is 0 Å². The Morgan fingerprint density at radius 1 is 1.43 bits per heavy atom. The summed E-state index contributed by atoms with van der Waals surface area (Å²) in [6, 6.07) is 0. The SMILES string of the molecule is Cc1ncc(C23CCCN(CC2)C3)o1. The molecule has 0 amide bonds. The second kappa shape index (κ2) is 2.83. The van der Waals surface area contributed by atoms with Crippen LogP contribution in [0.1, 0.15) is 30.9 Å². The molecule has 2 aliphatic rings. The van der Waals surface area contributed by atoms with E-state index in [1.807, 2.05) is 13.1 Å². The van der Waals surface area contributed by atoms with Gasteiger partial charge < -0.3 is 9.32 Å². The van der Waals surface area contributed by atoms with Crippen LogP contribution >= 0.6 is 0 Å². The van der Waals surface area contributed by atoms with Gasteiger partial charge >= 0.3 is 0 Å². The van der Waals surface area contributed by atoms with E-state index >= 15 is 0 Å². The van der Waals surface area contributed by atoms with Crippen LogP contribution in [0.2, 0.25) is 0 Å². The van der Waals surface area contributed by atoms with Crippen LogP contribution in [0.25, 0.3) is 0 Å². The van der Waals surface area contributed by atoms with E-state index in [9.17, 15) is 0 Å². The van der Waals surface area contributed by atoms with E-state index in [1.165, 1.54) is 38.9 Å². The zero-order valence-electron chi connectivity index (χ0n) is 8.62. The smallest absolute Gasteiger partial charge is 0.191 e. The van der Waals surface area contributed by atoms with Gasteiger partial charge in [-0.25, -0.2) is 4.98 Å². The maximum Gasteiger partial charge on any atom is 0.191 e. The Balaban J connectivity index is 1.96. The molecule has 3 heterocycles. The number of aryl methyl sites for hydroxylation is 1. The zero-order valence-corrected chi connectivity index (χ0v) is 8.62. The molecule has 0 spiro atoms. The van der Waals surface area contributed by atoms with E-state index in [0.29, 0.717) is 5.41 Å². The summed E-state index contributed by atoms with van der Waals surface area (Å²) >= 11 is 0. The maximum absolute atomic E-state index is 5.71. The minimum atomic E-state index is 0.305. The van der Waals surface area contributed by atoms with Crippen LogP contribution in [0.3, 0.4) is 0 Å². The fourth-order valence-electron chi connectivity index (χ4n) is 2.93. The van der Waals surface area contributed by atoms with Crippen molar-refractivity contribution in [1.82, 2.24) is 9.88 Å². The van der Waals surface area contributed by atoms with E-state index in [4.69, 9.17) is 4.42 Å². The molecule has 3 nitrogen and oxygen atoms in total. The monoisotopic (exact) mass is 192 g/mol. The van der Waals surface area contributed by atoms with Gasteiger partial charge in [-0.05, 0) is 32.4 Å². The van der Waals surface area contributed by atoms with Crippen LogP contribution in [-0.2, 0) is 5.41 Å². The lowest BCUT2D eigenvalue weighted by Crippen LogP contribution is -2.36. The number of hydrogen-bond acceptors (Lipinski definition) is 3. The summed E-state index contributed by atoms with van der Waals surface area (Å²) < 4.78 is 5.71. The van der Waals surface area contributed by atoms with Crippen LogP contribution in [0.5, 0.6) is 0 Å². The van der Waals surface area contributed by atoms with Crippen molar-refractivity contribution in [2.24, 2.45) is 0 Å². The third-order valence-electron chi connectivity index (χ3n) is 3.71. The fraction of sp³-hybridized carbons (Fsp3) is 0.727. The van der Waals surface area contributed by atoms with Crippen LogP contribution in [0.4, 0.5) is 0 Å². The molecule has 0 N–H and O–H groups in total. The summed E-state index contributed by atoms with van der Waals surface area (Å²) in [7, 11) is 0. The zero-order chi connectivity index (χ0) is 9.60. The first-order valence-electron chi connectivity index (χ1n) is 5.44. The van der Waals surface area contributed by atoms with Gasteiger partial charge in [0.2, 0.25) is 0 Å². The van der Waals surface area contributed by atoms with Crippen molar-refractivity contribution in [3.8, 4) is 0 Å². The third-order valence-corrected chi connectivity index (χ3v) is 3.71. The molecule has 76 valence electrons. The topological polar surface area (TPSA) is 29.3 Å². The summed E-state index contributed by atoms with van der Waals surface area (Å²) in [5.41, 5.74) is 0.305. The second-order valence-corrected chi connectivity index (χ2v) is 4.65. The number of aromatic nitrogens is 1. The first-order valence-corrected chi connectivity index (χ1v) is 5.44. The molecule has 2 saturated heterocycles. The van der Waals surface area contributed by atoms with Gasteiger partial charge in [-0.1, -0.05) is 0 Å². The van der Waals surface area contributed by atoms with Crippen LogP contribution in [0.15, 0.2) is 10.6 Å². The molecule has 14 heavy (non-hydrogen) atoms. The molecule has 2 bridgehead atoms. The van der Waals surface area contributed by atoms with Gasteiger partial charge in [0, 0.05) is 18.9 Å². The van der Waals surface area contributed by atoms with Crippen molar-refractivity contribution in [3.63, 3.8) is 0 Å². The number of oxazole rings is 1. The van der Waals surface area contributed by atoms with Crippen molar-refractivity contribution in [2.75, 3.05) is 19.6 Å². The van der Waals surface area contributed by atoms with E-state index in [1.54, 1.807) is 0 Å². The molecule has 1 aromatic rings. The van der Waals surface area contributed by atoms with Crippen LogP contribution in [0, 0.1) is 6.92 Å². The van der Waals surface area contributed by atoms with E-state index in [2.05, 4.69) is 9.88 Å². The number of piperidine rings is 1. The summed E-state index contributed by atoms with van der Waals surface area (Å²) in [5.74, 6) is 1.93. The van der Waals surface area contributed by atoms with Crippen molar-refractivity contribution in [1.29, 1.82) is 0 Å². The number of nitrogens with zero attached hydrogens (tertiary/aromatic N) is 2. The molecule has 1 aromatic heterocycles. The Labute approximate surface area is 84.1 Å². The molecule has 3 rings (SSSR count). The van der Waals surface area contributed by atoms with Crippen molar-refractivity contribution in [2.45, 2.75) is 31.6 Å². The lowest BCUT2D eigenvalue weighted by Gasteiger charge is -2.31.